The van der Waals surface area contributed by atoms with E-state index in [1.807, 2.05) is 29.1 Å². The lowest BCUT2D eigenvalue weighted by Gasteiger charge is -2.14. The summed E-state index contributed by atoms with van der Waals surface area (Å²) in [5.41, 5.74) is 3.39. The molecule has 0 aliphatic heterocycles. The van der Waals surface area contributed by atoms with Crippen molar-refractivity contribution in [1.82, 2.24) is 20.4 Å². The minimum absolute atomic E-state index is 0. The Hall–Kier alpha value is -2.42. The molecular weight excluding hydrogens is 456 g/mol. The summed E-state index contributed by atoms with van der Waals surface area (Å²) in [5, 5.41) is 10.8. The van der Waals surface area contributed by atoms with E-state index < -0.39 is 0 Å². The third-order valence-corrected chi connectivity index (χ3v) is 4.05. The Morgan fingerprint density at radius 3 is 2.37 bits per heavy atom. The average molecular weight is 479 g/mol. The summed E-state index contributed by atoms with van der Waals surface area (Å²) in [7, 11) is 1.73. The molecule has 0 radical (unpaired) electrons. The molecule has 0 bridgehead atoms. The van der Waals surface area contributed by atoms with Crippen LogP contribution in [-0.4, -0.2) is 22.8 Å². The molecule has 142 valence electrons. The van der Waals surface area contributed by atoms with Gasteiger partial charge in [-0.25, -0.2) is 4.39 Å². The van der Waals surface area contributed by atoms with Crippen LogP contribution in [0.3, 0.4) is 0 Å². The van der Waals surface area contributed by atoms with Crippen molar-refractivity contribution in [3.05, 3.63) is 89.5 Å². The molecule has 1 heterocycles. The van der Waals surface area contributed by atoms with Crippen molar-refractivity contribution in [3.63, 3.8) is 0 Å². The average Bonchev–Trinajstić information content (AvgIpc) is 3.17. The summed E-state index contributed by atoms with van der Waals surface area (Å²) in [6, 6.07) is 16.6. The van der Waals surface area contributed by atoms with Gasteiger partial charge in [0.15, 0.2) is 5.96 Å². The van der Waals surface area contributed by atoms with Crippen molar-refractivity contribution in [2.24, 2.45) is 4.99 Å². The quantitative estimate of drug-likeness (QED) is 0.323. The van der Waals surface area contributed by atoms with Crippen LogP contribution < -0.4 is 10.6 Å². The smallest absolute Gasteiger partial charge is 0.191 e. The molecule has 0 saturated heterocycles. The van der Waals surface area contributed by atoms with Crippen LogP contribution in [-0.2, 0) is 19.6 Å². The van der Waals surface area contributed by atoms with E-state index in [0.717, 1.165) is 12.1 Å². The number of nitrogens with zero attached hydrogens (tertiary/aromatic N) is 3. The van der Waals surface area contributed by atoms with Gasteiger partial charge in [-0.15, -0.1) is 24.0 Å². The van der Waals surface area contributed by atoms with Crippen molar-refractivity contribution in [2.75, 3.05) is 7.05 Å². The number of nitrogens with one attached hydrogen (secondary N) is 2. The fourth-order valence-electron chi connectivity index (χ4n) is 2.64. The normalized spacial score (nSPS) is 11.0. The zero-order valence-electron chi connectivity index (χ0n) is 15.1. The standard InChI is InChI=1S/C20H22FN5.HI/c1-22-20(23-13-16-7-9-19(21)10-8-16)24-14-17-5-2-3-6-18(17)15-26-12-4-11-25-26;/h2-12H,13-15H2,1H3,(H2,22,23,24);1H. The molecule has 2 N–H and O–H groups in total. The van der Waals surface area contributed by atoms with Crippen molar-refractivity contribution in [2.45, 2.75) is 19.6 Å². The first-order chi connectivity index (χ1) is 12.7. The lowest BCUT2D eigenvalue weighted by Crippen LogP contribution is -2.36. The molecule has 3 aromatic rings. The van der Waals surface area contributed by atoms with Crippen LogP contribution in [0.2, 0.25) is 0 Å². The molecule has 0 fully saturated rings. The highest BCUT2D eigenvalue weighted by Gasteiger charge is 2.05. The van der Waals surface area contributed by atoms with Gasteiger partial charge in [0.1, 0.15) is 5.82 Å². The van der Waals surface area contributed by atoms with E-state index in [1.54, 1.807) is 25.4 Å². The second-order valence-corrected chi connectivity index (χ2v) is 5.88. The number of rotatable bonds is 6. The maximum atomic E-state index is 13.0. The van der Waals surface area contributed by atoms with Gasteiger partial charge in [0.25, 0.3) is 0 Å². The maximum Gasteiger partial charge on any atom is 0.191 e. The van der Waals surface area contributed by atoms with Crippen LogP contribution >= 0.6 is 24.0 Å². The highest BCUT2D eigenvalue weighted by atomic mass is 127. The van der Waals surface area contributed by atoms with Crippen molar-refractivity contribution in [1.29, 1.82) is 0 Å². The van der Waals surface area contributed by atoms with E-state index in [9.17, 15) is 4.39 Å². The summed E-state index contributed by atoms with van der Waals surface area (Å²) < 4.78 is 14.9. The lowest BCUT2D eigenvalue weighted by atomic mass is 10.1. The van der Waals surface area contributed by atoms with E-state index in [0.29, 0.717) is 19.0 Å². The fourth-order valence-corrected chi connectivity index (χ4v) is 2.64. The summed E-state index contributed by atoms with van der Waals surface area (Å²) in [6.45, 7) is 1.96. The Balaban J connectivity index is 0.00000261. The van der Waals surface area contributed by atoms with E-state index >= 15 is 0 Å². The zero-order chi connectivity index (χ0) is 18.2. The Kier molecular flexibility index (Phi) is 8.25. The first kappa shape index (κ1) is 20.9. The first-order valence-corrected chi connectivity index (χ1v) is 8.48. The van der Waals surface area contributed by atoms with Crippen LogP contribution in [0.1, 0.15) is 16.7 Å². The maximum absolute atomic E-state index is 13.0. The number of hydrogen-bond donors (Lipinski definition) is 2. The highest BCUT2D eigenvalue weighted by Crippen LogP contribution is 2.10. The van der Waals surface area contributed by atoms with Crippen molar-refractivity contribution in [3.8, 4) is 0 Å². The molecule has 5 nitrogen and oxygen atoms in total. The second-order valence-electron chi connectivity index (χ2n) is 5.88. The van der Waals surface area contributed by atoms with Crippen LogP contribution in [0.15, 0.2) is 72.0 Å². The van der Waals surface area contributed by atoms with Gasteiger partial charge in [-0.3, -0.25) is 9.67 Å². The predicted octanol–water partition coefficient (Wildman–Crippen LogP) is 3.55. The summed E-state index contributed by atoms with van der Waals surface area (Å²) in [4.78, 5) is 4.24. The SMILES string of the molecule is CN=C(NCc1ccc(F)cc1)NCc1ccccc1Cn1cccn1.I. The number of aliphatic imine (C=N–C) groups is 1. The van der Waals surface area contributed by atoms with Crippen LogP contribution in [0, 0.1) is 5.82 Å². The van der Waals surface area contributed by atoms with Gasteiger partial charge < -0.3 is 10.6 Å². The molecule has 7 heteroatoms. The number of hydrogen-bond acceptors (Lipinski definition) is 2. The summed E-state index contributed by atoms with van der Waals surface area (Å²) >= 11 is 0. The van der Waals surface area contributed by atoms with E-state index in [1.165, 1.54) is 23.3 Å². The van der Waals surface area contributed by atoms with Gasteiger partial charge in [-0.05, 0) is 34.9 Å². The fraction of sp³-hybridized carbons (Fsp3) is 0.200. The van der Waals surface area contributed by atoms with Crippen LogP contribution in [0.4, 0.5) is 4.39 Å². The van der Waals surface area contributed by atoms with E-state index in [-0.39, 0.29) is 29.8 Å². The minimum Gasteiger partial charge on any atom is -0.352 e. The van der Waals surface area contributed by atoms with Gasteiger partial charge in [-0.1, -0.05) is 36.4 Å². The Morgan fingerprint density at radius 1 is 1.00 bits per heavy atom. The molecule has 0 aliphatic carbocycles. The van der Waals surface area contributed by atoms with E-state index in [2.05, 4.69) is 32.9 Å². The first-order valence-electron chi connectivity index (χ1n) is 8.48. The predicted molar refractivity (Wildman–Crippen MR) is 117 cm³/mol. The molecule has 0 spiro atoms. The number of guanidine groups is 1. The summed E-state index contributed by atoms with van der Waals surface area (Å²) in [5.74, 6) is 0.466. The molecule has 27 heavy (non-hydrogen) atoms. The Bertz CT molecular complexity index is 847. The van der Waals surface area contributed by atoms with Gasteiger partial charge >= 0.3 is 0 Å². The molecule has 0 amide bonds. The second kappa shape index (κ2) is 10.7. The van der Waals surface area contributed by atoms with Gasteiger partial charge in [-0.2, -0.15) is 5.10 Å². The third kappa shape index (κ3) is 6.35. The van der Waals surface area contributed by atoms with Crippen molar-refractivity contribution >= 4 is 29.9 Å². The minimum atomic E-state index is -0.231. The molecule has 0 aliphatic rings. The van der Waals surface area contributed by atoms with Gasteiger partial charge in [0.05, 0.1) is 6.54 Å². The number of aromatic nitrogens is 2. The molecule has 2 aromatic carbocycles. The van der Waals surface area contributed by atoms with Crippen LogP contribution in [0.25, 0.3) is 0 Å². The van der Waals surface area contributed by atoms with E-state index in [4.69, 9.17) is 0 Å². The van der Waals surface area contributed by atoms with Gasteiger partial charge in [0, 0.05) is 32.5 Å². The van der Waals surface area contributed by atoms with Gasteiger partial charge in [0.2, 0.25) is 0 Å². The van der Waals surface area contributed by atoms with Crippen molar-refractivity contribution < 1.29 is 4.39 Å². The Labute approximate surface area is 175 Å². The lowest BCUT2D eigenvalue weighted by molar-refractivity contribution is 0.626. The molecule has 0 atom stereocenters. The topological polar surface area (TPSA) is 54.2 Å². The monoisotopic (exact) mass is 479 g/mol. The van der Waals surface area contributed by atoms with Crippen LogP contribution in [0.5, 0.6) is 0 Å². The molecule has 1 aromatic heterocycles. The number of benzene rings is 2. The number of halogens is 2. The zero-order valence-corrected chi connectivity index (χ0v) is 17.4. The highest BCUT2D eigenvalue weighted by molar-refractivity contribution is 14.0. The molecular formula is C20H23FIN5. The molecule has 3 rings (SSSR count). The molecule has 0 saturated carbocycles. The largest absolute Gasteiger partial charge is 0.352 e. The summed E-state index contributed by atoms with van der Waals surface area (Å²) in [6.07, 6.45) is 3.73. The third-order valence-electron chi connectivity index (χ3n) is 4.05. The Morgan fingerprint density at radius 2 is 1.70 bits per heavy atom. The molecule has 0 unspecified atom stereocenters.